The van der Waals surface area contributed by atoms with E-state index in [0.717, 1.165) is 0 Å². The van der Waals surface area contributed by atoms with E-state index in [1.807, 2.05) is 0 Å². The van der Waals surface area contributed by atoms with E-state index in [9.17, 15) is 18.0 Å². The van der Waals surface area contributed by atoms with E-state index >= 15 is 0 Å². The number of anilines is 1. The van der Waals surface area contributed by atoms with Crippen LogP contribution in [-0.2, 0) is 18.6 Å². The van der Waals surface area contributed by atoms with Crippen LogP contribution < -0.4 is 4.90 Å². The van der Waals surface area contributed by atoms with Crippen molar-refractivity contribution in [1.29, 1.82) is 0 Å². The lowest BCUT2D eigenvalue weighted by Crippen LogP contribution is -2.27. The molecule has 0 bridgehead atoms. The molecule has 1 aromatic carbocycles. The Labute approximate surface area is 144 Å². The van der Waals surface area contributed by atoms with Crippen LogP contribution in [0.5, 0.6) is 0 Å². The monoisotopic (exact) mass is 429 g/mol. The van der Waals surface area contributed by atoms with Crippen LogP contribution in [-0.4, -0.2) is 39.2 Å². The van der Waals surface area contributed by atoms with Crippen molar-refractivity contribution in [2.75, 3.05) is 18.6 Å². The van der Waals surface area contributed by atoms with Gasteiger partial charge in [-0.2, -0.15) is 0 Å². The summed E-state index contributed by atoms with van der Waals surface area (Å²) in [5.41, 5.74) is 0.499. The summed E-state index contributed by atoms with van der Waals surface area (Å²) < 4.78 is 27.8. The lowest BCUT2D eigenvalue weighted by Gasteiger charge is -2.20. The van der Waals surface area contributed by atoms with Crippen LogP contribution in [0.3, 0.4) is 0 Å². The molecule has 1 amide bonds. The number of carbonyl (C=O) groups is 2. The number of methoxy groups -OCH3 is 1. The molecule has 22 heavy (non-hydrogen) atoms. The first-order valence-electron chi connectivity index (χ1n) is 5.96. The molecule has 2 rings (SSSR count). The molecule has 0 aromatic heterocycles. The number of benzene rings is 1. The van der Waals surface area contributed by atoms with E-state index in [4.69, 9.17) is 22.3 Å². The van der Waals surface area contributed by atoms with E-state index < -0.39 is 26.2 Å². The zero-order chi connectivity index (χ0) is 16.7. The topological polar surface area (TPSA) is 80.8 Å². The first-order chi connectivity index (χ1) is 10.1. The number of esters is 1. The highest BCUT2D eigenvalue weighted by Gasteiger charge is 2.39. The Morgan fingerprint density at radius 2 is 2.09 bits per heavy atom. The number of rotatable bonds is 3. The van der Waals surface area contributed by atoms with E-state index in [-0.39, 0.29) is 23.6 Å². The molecule has 1 unspecified atom stereocenters. The van der Waals surface area contributed by atoms with Crippen LogP contribution in [0.4, 0.5) is 5.69 Å². The third-order valence-electron chi connectivity index (χ3n) is 3.20. The van der Waals surface area contributed by atoms with Crippen molar-refractivity contribution in [2.45, 2.75) is 11.7 Å². The first-order valence-corrected chi connectivity index (χ1v) is 9.50. The normalized spacial score (nSPS) is 18.6. The fourth-order valence-electron chi connectivity index (χ4n) is 2.14. The molecule has 0 aliphatic carbocycles. The van der Waals surface area contributed by atoms with Gasteiger partial charge in [-0.15, -0.1) is 0 Å². The van der Waals surface area contributed by atoms with Crippen molar-refractivity contribution in [3.63, 3.8) is 0 Å². The maximum Gasteiger partial charge on any atom is 0.337 e. The second kappa shape index (κ2) is 6.35. The van der Waals surface area contributed by atoms with Gasteiger partial charge in [-0.3, -0.25) is 4.79 Å². The Hall–Kier alpha value is -0.830. The number of ether oxygens (including phenoxy) is 1. The number of nitrogens with zero attached hydrogens (tertiary/aromatic N) is 1. The minimum Gasteiger partial charge on any atom is -0.465 e. The van der Waals surface area contributed by atoms with Gasteiger partial charge < -0.3 is 9.64 Å². The van der Waals surface area contributed by atoms with E-state index in [1.54, 1.807) is 0 Å². The maximum absolute atomic E-state index is 12.0. The van der Waals surface area contributed by atoms with Crippen molar-refractivity contribution in [3.05, 3.63) is 27.2 Å². The van der Waals surface area contributed by atoms with E-state index in [0.29, 0.717) is 10.2 Å². The minimum absolute atomic E-state index is 0.0967. The van der Waals surface area contributed by atoms with Gasteiger partial charge in [0.2, 0.25) is 15.0 Å². The first kappa shape index (κ1) is 17.5. The van der Waals surface area contributed by atoms with Gasteiger partial charge in [-0.1, -0.05) is 11.6 Å². The summed E-state index contributed by atoms with van der Waals surface area (Å²) in [6.07, 6.45) is -0.215. The molecule has 1 aliphatic rings. The standard InChI is InChI=1S/C12H10BrCl2NO5S/c1-21-12(18)6-2-8(13)11(9(14)3-6)16-5-7(4-10(16)17)22(15,19)20/h2-3,7H,4-5H2,1H3. The molecule has 1 heterocycles. The van der Waals surface area contributed by atoms with Gasteiger partial charge in [0.05, 0.1) is 23.4 Å². The fourth-order valence-corrected chi connectivity index (χ4v) is 4.28. The summed E-state index contributed by atoms with van der Waals surface area (Å²) in [4.78, 5) is 24.8. The molecule has 1 aliphatic heterocycles. The Kier molecular flexibility index (Phi) is 5.06. The predicted molar refractivity (Wildman–Crippen MR) is 86.0 cm³/mol. The van der Waals surface area contributed by atoms with Crippen molar-refractivity contribution in [1.82, 2.24) is 0 Å². The molecule has 10 heteroatoms. The number of hydrogen-bond acceptors (Lipinski definition) is 5. The fraction of sp³-hybridized carbons (Fsp3) is 0.333. The maximum atomic E-state index is 12.0. The number of amides is 1. The van der Waals surface area contributed by atoms with Crippen molar-refractivity contribution >= 4 is 64.8 Å². The van der Waals surface area contributed by atoms with Gasteiger partial charge >= 0.3 is 5.97 Å². The molecule has 1 fully saturated rings. The van der Waals surface area contributed by atoms with Crippen LogP contribution in [0.2, 0.25) is 5.02 Å². The highest BCUT2D eigenvalue weighted by atomic mass is 79.9. The van der Waals surface area contributed by atoms with E-state index in [2.05, 4.69) is 20.7 Å². The molecule has 1 saturated heterocycles. The van der Waals surface area contributed by atoms with Crippen LogP contribution in [0.1, 0.15) is 16.8 Å². The Balaban J connectivity index is 2.42. The van der Waals surface area contributed by atoms with Gasteiger partial charge in [0.15, 0.2) is 0 Å². The van der Waals surface area contributed by atoms with Crippen molar-refractivity contribution in [2.24, 2.45) is 0 Å². The zero-order valence-electron chi connectivity index (χ0n) is 11.2. The third kappa shape index (κ3) is 3.40. The van der Waals surface area contributed by atoms with Gasteiger partial charge in [0.25, 0.3) is 0 Å². The number of carbonyl (C=O) groups excluding carboxylic acids is 2. The average molecular weight is 431 g/mol. The van der Waals surface area contributed by atoms with Crippen molar-refractivity contribution in [3.8, 4) is 0 Å². The summed E-state index contributed by atoms with van der Waals surface area (Å²) in [6, 6.07) is 2.80. The molecule has 120 valence electrons. The summed E-state index contributed by atoms with van der Waals surface area (Å²) in [7, 11) is 2.69. The molecule has 0 radical (unpaired) electrons. The highest BCUT2D eigenvalue weighted by Crippen LogP contribution is 2.38. The lowest BCUT2D eigenvalue weighted by atomic mass is 10.2. The van der Waals surface area contributed by atoms with Gasteiger partial charge in [-0.25, -0.2) is 13.2 Å². The summed E-state index contributed by atoms with van der Waals surface area (Å²) >= 11 is 9.36. The van der Waals surface area contributed by atoms with Gasteiger partial charge in [0.1, 0.15) is 5.25 Å². The van der Waals surface area contributed by atoms with Crippen LogP contribution in [0.15, 0.2) is 16.6 Å². The largest absolute Gasteiger partial charge is 0.465 e. The zero-order valence-corrected chi connectivity index (χ0v) is 15.1. The molecule has 1 atom stereocenters. The van der Waals surface area contributed by atoms with E-state index in [1.165, 1.54) is 24.1 Å². The van der Waals surface area contributed by atoms with Crippen LogP contribution in [0.25, 0.3) is 0 Å². The minimum atomic E-state index is -3.85. The Morgan fingerprint density at radius 1 is 1.45 bits per heavy atom. The Bertz CT molecular complexity index is 729. The predicted octanol–water partition coefficient (Wildman–Crippen LogP) is 2.56. The molecule has 0 saturated carbocycles. The van der Waals surface area contributed by atoms with Crippen molar-refractivity contribution < 1.29 is 22.7 Å². The number of hydrogen-bond donors (Lipinski definition) is 0. The molecular formula is C12H10BrCl2NO5S. The number of halogens is 3. The third-order valence-corrected chi connectivity index (χ3v) is 5.96. The van der Waals surface area contributed by atoms with Crippen LogP contribution in [0, 0.1) is 0 Å². The summed E-state index contributed by atoms with van der Waals surface area (Å²) in [5.74, 6) is -0.995. The lowest BCUT2D eigenvalue weighted by molar-refractivity contribution is -0.117. The highest BCUT2D eigenvalue weighted by molar-refractivity contribution is 9.10. The van der Waals surface area contributed by atoms with Crippen LogP contribution >= 0.6 is 38.2 Å². The summed E-state index contributed by atoms with van der Waals surface area (Å²) in [6.45, 7) is -0.0967. The SMILES string of the molecule is COC(=O)c1cc(Cl)c(N2CC(S(=O)(=O)Cl)CC2=O)c(Br)c1. The molecule has 0 spiro atoms. The summed E-state index contributed by atoms with van der Waals surface area (Å²) in [5, 5.41) is -0.874. The second-order valence-corrected chi connectivity index (χ2v) is 8.76. The quantitative estimate of drug-likeness (QED) is 0.543. The smallest absolute Gasteiger partial charge is 0.337 e. The van der Waals surface area contributed by atoms with Gasteiger partial charge in [-0.05, 0) is 28.1 Å². The molecule has 0 N–H and O–H groups in total. The second-order valence-electron chi connectivity index (χ2n) is 4.59. The Morgan fingerprint density at radius 3 is 2.55 bits per heavy atom. The molecular weight excluding hydrogens is 421 g/mol. The molecule has 6 nitrogen and oxygen atoms in total. The molecule has 1 aromatic rings. The average Bonchev–Trinajstić information content (AvgIpc) is 2.79. The van der Waals surface area contributed by atoms with Gasteiger partial charge in [0, 0.05) is 28.1 Å².